The van der Waals surface area contributed by atoms with E-state index in [0.717, 1.165) is 49.6 Å². The molecule has 94 valence electrons. The van der Waals surface area contributed by atoms with Gasteiger partial charge in [-0.1, -0.05) is 0 Å². The highest BCUT2D eigenvalue weighted by molar-refractivity contribution is 6.20. The Kier molecular flexibility index (Phi) is 4.24. The number of alkyl halides is 1. The second-order valence-corrected chi connectivity index (χ2v) is 5.21. The molecule has 2 heterocycles. The minimum absolute atomic E-state index is 0.353. The van der Waals surface area contributed by atoms with Gasteiger partial charge in [0.1, 0.15) is 5.75 Å². The Morgan fingerprint density at radius 3 is 2.76 bits per heavy atom. The molecule has 0 radical (unpaired) electrons. The van der Waals surface area contributed by atoms with Gasteiger partial charge in [0.05, 0.1) is 12.8 Å². The van der Waals surface area contributed by atoms with Crippen molar-refractivity contribution in [2.45, 2.75) is 31.7 Å². The van der Waals surface area contributed by atoms with Crippen LogP contribution >= 0.6 is 11.6 Å². The second kappa shape index (κ2) is 5.69. The Labute approximate surface area is 108 Å². The Morgan fingerprint density at radius 1 is 1.41 bits per heavy atom. The average Bonchev–Trinajstić information content (AvgIpc) is 2.31. The Bertz CT molecular complexity index is 376. The third-order valence-electron chi connectivity index (χ3n) is 3.12. The van der Waals surface area contributed by atoms with E-state index in [4.69, 9.17) is 16.3 Å². The summed E-state index contributed by atoms with van der Waals surface area (Å²) < 4.78 is 5.26. The van der Waals surface area contributed by atoms with E-state index in [0.29, 0.717) is 5.38 Å². The fraction of sp³-hybridized carbons (Fsp3) is 0.615. The summed E-state index contributed by atoms with van der Waals surface area (Å²) in [5.41, 5.74) is 2.08. The molecular formula is C13H19ClN2O. The van der Waals surface area contributed by atoms with Crippen molar-refractivity contribution in [3.05, 3.63) is 23.5 Å². The molecule has 0 aromatic carbocycles. The van der Waals surface area contributed by atoms with E-state index >= 15 is 0 Å². The van der Waals surface area contributed by atoms with Crippen LogP contribution in [0.2, 0.25) is 0 Å². The standard InChI is InChI=1S/C13H19ClN2O/c1-10-7-13(17-2)8-12(15-10)9-16-5-3-11(14)4-6-16/h7-8,11H,3-6,9H2,1-2H3. The van der Waals surface area contributed by atoms with Crippen molar-refractivity contribution in [3.8, 4) is 5.75 Å². The van der Waals surface area contributed by atoms with Crippen molar-refractivity contribution in [2.75, 3.05) is 20.2 Å². The summed E-state index contributed by atoms with van der Waals surface area (Å²) in [6.07, 6.45) is 2.15. The first-order chi connectivity index (χ1) is 8.17. The van der Waals surface area contributed by atoms with Crippen molar-refractivity contribution in [2.24, 2.45) is 0 Å². The lowest BCUT2D eigenvalue weighted by Crippen LogP contribution is -2.33. The lowest BCUT2D eigenvalue weighted by molar-refractivity contribution is 0.220. The molecule has 0 aliphatic carbocycles. The van der Waals surface area contributed by atoms with Crippen LogP contribution in [0.3, 0.4) is 0 Å². The molecule has 1 aromatic rings. The zero-order valence-electron chi connectivity index (χ0n) is 10.4. The predicted molar refractivity (Wildman–Crippen MR) is 69.7 cm³/mol. The molecule has 0 spiro atoms. The Morgan fingerprint density at radius 2 is 2.12 bits per heavy atom. The van der Waals surface area contributed by atoms with Gasteiger partial charge in [0, 0.05) is 29.7 Å². The quantitative estimate of drug-likeness (QED) is 0.776. The van der Waals surface area contributed by atoms with Gasteiger partial charge in [0.15, 0.2) is 0 Å². The summed E-state index contributed by atoms with van der Waals surface area (Å²) in [4.78, 5) is 6.94. The van der Waals surface area contributed by atoms with Gasteiger partial charge in [-0.05, 0) is 32.9 Å². The van der Waals surface area contributed by atoms with Crippen molar-refractivity contribution in [1.82, 2.24) is 9.88 Å². The maximum atomic E-state index is 6.10. The summed E-state index contributed by atoms with van der Waals surface area (Å²) in [5.74, 6) is 0.889. The van der Waals surface area contributed by atoms with E-state index in [1.165, 1.54) is 0 Å². The first-order valence-electron chi connectivity index (χ1n) is 6.05. The number of ether oxygens (including phenoxy) is 1. The minimum atomic E-state index is 0.353. The summed E-state index contributed by atoms with van der Waals surface area (Å²) >= 11 is 6.10. The van der Waals surface area contributed by atoms with E-state index in [2.05, 4.69) is 9.88 Å². The summed E-state index contributed by atoms with van der Waals surface area (Å²) in [7, 11) is 1.69. The van der Waals surface area contributed by atoms with Gasteiger partial charge in [-0.15, -0.1) is 11.6 Å². The SMILES string of the molecule is COc1cc(C)nc(CN2CCC(Cl)CC2)c1. The number of hydrogen-bond acceptors (Lipinski definition) is 3. The molecule has 17 heavy (non-hydrogen) atoms. The van der Waals surface area contributed by atoms with Crippen molar-refractivity contribution < 1.29 is 4.74 Å². The van der Waals surface area contributed by atoms with E-state index in [-0.39, 0.29) is 0 Å². The van der Waals surface area contributed by atoms with Crippen LogP contribution in [0.1, 0.15) is 24.2 Å². The number of halogens is 1. The number of rotatable bonds is 3. The number of likely N-dealkylation sites (tertiary alicyclic amines) is 1. The molecule has 1 fully saturated rings. The molecule has 0 atom stereocenters. The number of hydrogen-bond donors (Lipinski definition) is 0. The number of aryl methyl sites for hydroxylation is 1. The zero-order valence-corrected chi connectivity index (χ0v) is 11.2. The van der Waals surface area contributed by atoms with Gasteiger partial charge in [-0.3, -0.25) is 9.88 Å². The minimum Gasteiger partial charge on any atom is -0.497 e. The Hall–Kier alpha value is -0.800. The highest BCUT2D eigenvalue weighted by Gasteiger charge is 2.17. The monoisotopic (exact) mass is 254 g/mol. The van der Waals surface area contributed by atoms with Crippen LogP contribution in [0.25, 0.3) is 0 Å². The van der Waals surface area contributed by atoms with Gasteiger partial charge in [0.25, 0.3) is 0 Å². The third-order valence-corrected chi connectivity index (χ3v) is 3.55. The lowest BCUT2D eigenvalue weighted by atomic mass is 10.1. The van der Waals surface area contributed by atoms with Crippen LogP contribution in [0, 0.1) is 6.92 Å². The fourth-order valence-electron chi connectivity index (χ4n) is 2.19. The molecule has 0 N–H and O–H groups in total. The molecular weight excluding hydrogens is 236 g/mol. The molecule has 0 unspecified atom stereocenters. The maximum absolute atomic E-state index is 6.10. The topological polar surface area (TPSA) is 25.4 Å². The molecule has 3 nitrogen and oxygen atoms in total. The number of nitrogens with zero attached hydrogens (tertiary/aromatic N) is 2. The number of methoxy groups -OCH3 is 1. The highest BCUT2D eigenvalue weighted by atomic mass is 35.5. The zero-order chi connectivity index (χ0) is 12.3. The van der Waals surface area contributed by atoms with Crippen LogP contribution < -0.4 is 4.74 Å². The summed E-state index contributed by atoms with van der Waals surface area (Å²) in [6, 6.07) is 3.97. The van der Waals surface area contributed by atoms with E-state index in [1.54, 1.807) is 7.11 Å². The van der Waals surface area contributed by atoms with E-state index < -0.39 is 0 Å². The van der Waals surface area contributed by atoms with Crippen molar-refractivity contribution in [3.63, 3.8) is 0 Å². The van der Waals surface area contributed by atoms with Crippen LogP contribution in [0.4, 0.5) is 0 Å². The fourth-order valence-corrected chi connectivity index (χ4v) is 2.39. The van der Waals surface area contributed by atoms with Gasteiger partial charge >= 0.3 is 0 Å². The molecule has 1 aliphatic heterocycles. The summed E-state index contributed by atoms with van der Waals surface area (Å²) in [6.45, 7) is 5.01. The van der Waals surface area contributed by atoms with Gasteiger partial charge in [-0.2, -0.15) is 0 Å². The third kappa shape index (κ3) is 3.58. The van der Waals surface area contributed by atoms with Crippen molar-refractivity contribution in [1.29, 1.82) is 0 Å². The second-order valence-electron chi connectivity index (χ2n) is 4.59. The first-order valence-corrected chi connectivity index (χ1v) is 6.49. The molecule has 1 aliphatic rings. The number of aromatic nitrogens is 1. The number of pyridine rings is 1. The maximum Gasteiger partial charge on any atom is 0.122 e. The van der Waals surface area contributed by atoms with Crippen LogP contribution in [-0.4, -0.2) is 35.5 Å². The molecule has 1 saturated heterocycles. The predicted octanol–water partition coefficient (Wildman–Crippen LogP) is 2.60. The normalized spacial score (nSPS) is 18.3. The summed E-state index contributed by atoms with van der Waals surface area (Å²) in [5, 5.41) is 0.353. The first kappa shape index (κ1) is 12.7. The molecule has 0 saturated carbocycles. The molecule has 1 aromatic heterocycles. The molecule has 4 heteroatoms. The average molecular weight is 255 g/mol. The largest absolute Gasteiger partial charge is 0.497 e. The van der Waals surface area contributed by atoms with Gasteiger partial charge < -0.3 is 4.74 Å². The smallest absolute Gasteiger partial charge is 0.122 e. The lowest BCUT2D eigenvalue weighted by Gasteiger charge is -2.28. The van der Waals surface area contributed by atoms with Crippen molar-refractivity contribution >= 4 is 11.6 Å². The molecule has 2 rings (SSSR count). The Balaban J connectivity index is 2.00. The van der Waals surface area contributed by atoms with Crippen LogP contribution in [-0.2, 0) is 6.54 Å². The van der Waals surface area contributed by atoms with Gasteiger partial charge in [-0.25, -0.2) is 0 Å². The number of piperidine rings is 1. The van der Waals surface area contributed by atoms with Gasteiger partial charge in [0.2, 0.25) is 0 Å². The van der Waals surface area contributed by atoms with E-state index in [1.807, 2.05) is 19.1 Å². The molecule has 0 bridgehead atoms. The highest BCUT2D eigenvalue weighted by Crippen LogP contribution is 2.19. The van der Waals surface area contributed by atoms with Crippen LogP contribution in [0.15, 0.2) is 12.1 Å². The molecule has 0 amide bonds. The van der Waals surface area contributed by atoms with Crippen LogP contribution in [0.5, 0.6) is 5.75 Å². The van der Waals surface area contributed by atoms with E-state index in [9.17, 15) is 0 Å².